The van der Waals surface area contributed by atoms with Crippen molar-refractivity contribution in [3.8, 4) is 66.8 Å². The van der Waals surface area contributed by atoms with Crippen LogP contribution in [0.4, 0.5) is 0 Å². The summed E-state index contributed by atoms with van der Waals surface area (Å²) in [7, 11) is 0. The topological polar surface area (TPSA) is 0 Å². The van der Waals surface area contributed by atoms with Gasteiger partial charge >= 0.3 is 0 Å². The highest BCUT2D eigenvalue weighted by Crippen LogP contribution is 2.59. The Labute approximate surface area is 866 Å². The average molecular weight is 2000 g/mol. The van der Waals surface area contributed by atoms with E-state index in [1.54, 1.807) is 0 Å². The maximum absolute atomic E-state index is 2.63. The standard InChI is InChI=1S/C126H102S12/c1-13-37-109(38-14-1)127-79-91-61-92(80-128-110-39-15-2-16-40-110)68-103(67-91)121-122(104-69-93(81-129-111-41-17-3-18-42-111)62-94(70-104)82-130-112-43-19-4-20-44-112)124(106-73-97(85-133-115-49-25-7-26-50-115)64-98(74-106)86-134-116-51-27-8-28-52-116)126(108-77-101(89-137-119-57-33-11-34-58-119)66-102(78-108)90-138-120-59-35-12-36-60-120)125(107-75-99(87-135-117-53-29-9-30-54-117)65-100(76-107)88-136-118-55-31-10-32-56-118)123(121)105-71-95(83-131-113-45-21-5-22-46-113)63-96(72-105)84-132-114-47-23-6-24-48-114/h1-78H,79-90H2. The summed E-state index contributed by atoms with van der Waals surface area (Å²) in [5.41, 5.74) is 29.4. The smallest absolute Gasteiger partial charge is 0.0232 e. The van der Waals surface area contributed by atoms with Gasteiger partial charge in [-0.2, -0.15) is 0 Å². The molecule has 138 heavy (non-hydrogen) atoms. The molecule has 0 aliphatic rings. The molecular formula is C126H102S12. The van der Waals surface area contributed by atoms with Crippen molar-refractivity contribution in [3.05, 3.63) is 540 Å². The van der Waals surface area contributed by atoms with Gasteiger partial charge in [0.15, 0.2) is 0 Å². The van der Waals surface area contributed by atoms with Gasteiger partial charge in [-0.15, -0.1) is 141 Å². The third kappa shape index (κ3) is 27.5. The first-order chi connectivity index (χ1) is 68.3. The van der Waals surface area contributed by atoms with Crippen LogP contribution >= 0.6 is 141 Å². The van der Waals surface area contributed by atoms with Crippen molar-refractivity contribution in [2.24, 2.45) is 0 Å². The lowest BCUT2D eigenvalue weighted by molar-refractivity contribution is 1.29. The first kappa shape index (κ1) is 96.3. The van der Waals surface area contributed by atoms with Gasteiger partial charge in [0.2, 0.25) is 0 Å². The van der Waals surface area contributed by atoms with Crippen LogP contribution in [0.25, 0.3) is 66.8 Å². The number of rotatable bonds is 42. The lowest BCUT2D eigenvalue weighted by atomic mass is 9.73. The molecule has 12 heteroatoms. The minimum atomic E-state index is 0.744. The second-order valence-corrected chi connectivity index (χ2v) is 46.3. The zero-order valence-corrected chi connectivity index (χ0v) is 86.2. The lowest BCUT2D eigenvalue weighted by Gasteiger charge is -2.31. The summed E-state index contributed by atoms with van der Waals surface area (Å²) >= 11 is 23.1. The number of hydrogen-bond acceptors (Lipinski definition) is 12. The first-order valence-corrected chi connectivity index (χ1v) is 58.3. The molecular weight excluding hydrogens is 1900 g/mol. The van der Waals surface area contributed by atoms with Crippen molar-refractivity contribution in [2.75, 3.05) is 0 Å². The summed E-state index contributed by atoms with van der Waals surface area (Å²) in [4.78, 5) is 14.8. The Morgan fingerprint density at radius 3 is 0.254 bits per heavy atom. The van der Waals surface area contributed by atoms with Crippen LogP contribution in [-0.4, -0.2) is 0 Å². The van der Waals surface area contributed by atoms with E-state index < -0.39 is 0 Å². The number of thioether (sulfide) groups is 12. The zero-order chi connectivity index (χ0) is 92.9. The summed E-state index contributed by atoms with van der Waals surface area (Å²) in [6.45, 7) is 0. The van der Waals surface area contributed by atoms with Crippen molar-refractivity contribution in [1.29, 1.82) is 0 Å². The van der Waals surface area contributed by atoms with Crippen molar-refractivity contribution in [3.63, 3.8) is 0 Å². The fraction of sp³-hybridized carbons (Fsp3) is 0.0952. The largest absolute Gasteiger partial charge is 0.121 e. The molecule has 0 aliphatic carbocycles. The molecule has 0 fully saturated rings. The van der Waals surface area contributed by atoms with Gasteiger partial charge in [-0.05, 0) is 279 Å². The van der Waals surface area contributed by atoms with Crippen LogP contribution in [0.3, 0.4) is 0 Å². The molecule has 0 atom stereocenters. The highest BCUT2D eigenvalue weighted by molar-refractivity contribution is 8.01. The average Bonchev–Trinajstić information content (AvgIpc) is 0.705. The van der Waals surface area contributed by atoms with E-state index in [2.05, 4.69) is 473 Å². The fourth-order valence-corrected chi connectivity index (χ4v) is 27.3. The molecule has 678 valence electrons. The van der Waals surface area contributed by atoms with E-state index in [4.69, 9.17) is 0 Å². The molecule has 0 heterocycles. The Bertz CT molecular complexity index is 5630. The van der Waals surface area contributed by atoms with Gasteiger partial charge < -0.3 is 0 Å². The molecule has 0 radical (unpaired) electrons. The normalized spacial score (nSPS) is 11.3. The van der Waals surface area contributed by atoms with Crippen LogP contribution in [0.2, 0.25) is 0 Å². The lowest BCUT2D eigenvalue weighted by Crippen LogP contribution is -2.06. The SMILES string of the molecule is c1ccc(SCc2cc(CSc3ccccc3)cc(-c3c(-c4cc(CSc5ccccc5)cc(CSc5ccccc5)c4)c(-c4cc(CSc5ccccc5)cc(CSc5ccccc5)c4)c(-c4cc(CSc5ccccc5)cc(CSc5ccccc5)c4)c(-c4cc(CSc5ccccc5)cc(CSc5ccccc5)c4)c3-c3cc(CSc4ccccc4)cc(CSc4ccccc4)c3)c2)cc1. The van der Waals surface area contributed by atoms with Crippen LogP contribution < -0.4 is 0 Å². The monoisotopic (exact) mass is 2000 g/mol. The van der Waals surface area contributed by atoms with E-state index >= 15 is 0 Å². The third-order valence-electron chi connectivity index (χ3n) is 23.3. The molecule has 0 nitrogen and oxygen atoms in total. The van der Waals surface area contributed by atoms with Gasteiger partial charge in [-0.1, -0.05) is 328 Å². The van der Waals surface area contributed by atoms with E-state index in [0.717, 1.165) is 69.0 Å². The summed E-state index contributed by atoms with van der Waals surface area (Å²) in [5, 5.41) is 0. The van der Waals surface area contributed by atoms with E-state index in [0.29, 0.717) is 0 Å². The highest BCUT2D eigenvalue weighted by atomic mass is 32.2. The molecule has 0 aromatic heterocycles. The van der Waals surface area contributed by atoms with Gasteiger partial charge in [0.05, 0.1) is 0 Å². The van der Waals surface area contributed by atoms with E-state index in [-0.39, 0.29) is 0 Å². The van der Waals surface area contributed by atoms with Gasteiger partial charge in [-0.25, -0.2) is 0 Å². The Hall–Kier alpha value is -10.6. The third-order valence-corrected chi connectivity index (χ3v) is 36.3. The zero-order valence-electron chi connectivity index (χ0n) is 76.4. The second-order valence-electron chi connectivity index (χ2n) is 33.7. The maximum Gasteiger partial charge on any atom is 0.0232 e. The predicted molar refractivity (Wildman–Crippen MR) is 611 cm³/mol. The van der Waals surface area contributed by atoms with Crippen molar-refractivity contribution in [2.45, 2.75) is 128 Å². The minimum Gasteiger partial charge on any atom is -0.121 e. The molecule has 0 aliphatic heterocycles. The molecule has 0 saturated heterocycles. The second kappa shape index (κ2) is 50.0. The summed E-state index contributed by atoms with van der Waals surface area (Å²) in [6.07, 6.45) is 0. The summed E-state index contributed by atoms with van der Waals surface area (Å²) in [5.74, 6) is 8.93. The molecule has 0 spiro atoms. The highest BCUT2D eigenvalue weighted by Gasteiger charge is 2.33. The molecule has 19 rings (SSSR count). The number of hydrogen-bond donors (Lipinski definition) is 0. The van der Waals surface area contributed by atoms with Crippen LogP contribution in [0.1, 0.15) is 66.8 Å². The number of benzene rings is 19. The molecule has 0 N–H and O–H groups in total. The van der Waals surface area contributed by atoms with Gasteiger partial charge in [0.1, 0.15) is 0 Å². The van der Waals surface area contributed by atoms with Crippen molar-refractivity contribution < 1.29 is 0 Å². The summed E-state index contributed by atoms with van der Waals surface area (Å²) < 4.78 is 0. The van der Waals surface area contributed by atoms with Gasteiger partial charge in [0.25, 0.3) is 0 Å². The Kier molecular flexibility index (Phi) is 34.9. The molecule has 19 aromatic rings. The quantitative estimate of drug-likeness (QED) is 0.0335. The van der Waals surface area contributed by atoms with Crippen molar-refractivity contribution >= 4 is 141 Å². The molecule has 0 saturated carbocycles. The summed E-state index contributed by atoms with van der Waals surface area (Å²) in [6, 6.07) is 180. The molecule has 0 unspecified atom stereocenters. The maximum atomic E-state index is 2.63. The van der Waals surface area contributed by atoms with Crippen LogP contribution in [0.5, 0.6) is 0 Å². The van der Waals surface area contributed by atoms with Gasteiger partial charge in [0, 0.05) is 128 Å². The fourth-order valence-electron chi connectivity index (χ4n) is 17.1. The van der Waals surface area contributed by atoms with Crippen LogP contribution in [0, 0.1) is 0 Å². The Morgan fingerprint density at radius 1 is 0.0942 bits per heavy atom. The van der Waals surface area contributed by atoms with Gasteiger partial charge in [-0.3, -0.25) is 0 Å². The van der Waals surface area contributed by atoms with E-state index in [1.807, 2.05) is 141 Å². The van der Waals surface area contributed by atoms with Crippen molar-refractivity contribution in [1.82, 2.24) is 0 Å². The first-order valence-electron chi connectivity index (χ1n) is 46.5. The van der Waals surface area contributed by atoms with Crippen LogP contribution in [-0.2, 0) is 69.0 Å². The van der Waals surface area contributed by atoms with E-state index in [1.165, 1.54) is 192 Å². The predicted octanol–water partition coefficient (Wildman–Crippen LogP) is 39.2. The minimum absolute atomic E-state index is 0.744. The Morgan fingerprint density at radius 2 is 0.174 bits per heavy atom. The van der Waals surface area contributed by atoms with E-state index in [9.17, 15) is 0 Å². The molecule has 0 bridgehead atoms. The molecule has 19 aromatic carbocycles. The Balaban J connectivity index is 1.03. The van der Waals surface area contributed by atoms with Crippen LogP contribution in [0.15, 0.2) is 532 Å². The molecule has 0 amide bonds.